The first-order chi connectivity index (χ1) is 9.39. The van der Waals surface area contributed by atoms with Crippen LogP contribution < -0.4 is 16.6 Å². The molecule has 1 heterocycles. The summed E-state index contributed by atoms with van der Waals surface area (Å²) in [4.78, 5) is 8.38. The van der Waals surface area contributed by atoms with E-state index < -0.39 is 5.60 Å². The summed E-state index contributed by atoms with van der Waals surface area (Å²) in [5.74, 6) is 7.29. The summed E-state index contributed by atoms with van der Waals surface area (Å²) in [7, 11) is 0. The van der Waals surface area contributed by atoms with Crippen molar-refractivity contribution >= 4 is 11.6 Å². The lowest BCUT2D eigenvalue weighted by molar-refractivity contribution is 0.0514. The molecule has 0 aromatic carbocycles. The summed E-state index contributed by atoms with van der Waals surface area (Å²) < 4.78 is 0. The second-order valence-corrected chi connectivity index (χ2v) is 5.89. The number of hydrogen-bond acceptors (Lipinski definition) is 6. The molecule has 1 aromatic rings. The Balaban J connectivity index is 2.81. The second kappa shape index (κ2) is 7.40. The fourth-order valence-electron chi connectivity index (χ4n) is 2.40. The number of aromatic nitrogens is 2. The lowest BCUT2D eigenvalue weighted by Crippen LogP contribution is -2.35. The summed E-state index contributed by atoms with van der Waals surface area (Å²) >= 11 is 0. The van der Waals surface area contributed by atoms with Crippen LogP contribution in [0.15, 0.2) is 6.33 Å². The summed E-state index contributed by atoms with van der Waals surface area (Å²) in [5, 5.41) is 13.6. The van der Waals surface area contributed by atoms with E-state index in [9.17, 15) is 5.11 Å². The van der Waals surface area contributed by atoms with Gasteiger partial charge in [-0.25, -0.2) is 15.8 Å². The van der Waals surface area contributed by atoms with E-state index in [0.717, 1.165) is 30.6 Å². The quantitative estimate of drug-likeness (QED) is 0.429. The van der Waals surface area contributed by atoms with Gasteiger partial charge in [-0.05, 0) is 25.7 Å². The van der Waals surface area contributed by atoms with Crippen molar-refractivity contribution in [2.24, 2.45) is 11.8 Å². The maximum Gasteiger partial charge on any atom is 0.148 e. The summed E-state index contributed by atoms with van der Waals surface area (Å²) in [6.07, 6.45) is 4.00. The zero-order valence-electron chi connectivity index (χ0n) is 12.9. The Bertz CT molecular complexity index is 420. The van der Waals surface area contributed by atoms with E-state index in [-0.39, 0.29) is 0 Å². The van der Waals surface area contributed by atoms with Gasteiger partial charge in [-0.1, -0.05) is 27.2 Å². The number of hydrogen-bond donors (Lipinski definition) is 4. The van der Waals surface area contributed by atoms with E-state index in [4.69, 9.17) is 5.84 Å². The van der Waals surface area contributed by atoms with E-state index in [1.54, 1.807) is 0 Å². The highest BCUT2D eigenvalue weighted by Crippen LogP contribution is 2.23. The molecule has 1 unspecified atom stereocenters. The lowest BCUT2D eigenvalue weighted by atomic mass is 9.94. The highest BCUT2D eigenvalue weighted by Gasteiger charge is 2.22. The summed E-state index contributed by atoms with van der Waals surface area (Å²) in [6, 6.07) is 0. The van der Waals surface area contributed by atoms with Crippen molar-refractivity contribution in [2.45, 2.75) is 52.6 Å². The van der Waals surface area contributed by atoms with Crippen LogP contribution >= 0.6 is 0 Å². The van der Waals surface area contributed by atoms with Crippen LogP contribution in [0.25, 0.3) is 0 Å². The first-order valence-corrected chi connectivity index (χ1v) is 7.16. The Kier molecular flexibility index (Phi) is 6.16. The summed E-state index contributed by atoms with van der Waals surface area (Å²) in [5.41, 5.74) is 2.79. The van der Waals surface area contributed by atoms with Crippen molar-refractivity contribution in [3.63, 3.8) is 0 Å². The average Bonchev–Trinajstić information content (AvgIpc) is 2.36. The Labute approximate surface area is 121 Å². The smallest absolute Gasteiger partial charge is 0.148 e. The van der Waals surface area contributed by atoms with E-state index in [0.29, 0.717) is 18.3 Å². The first-order valence-electron chi connectivity index (χ1n) is 7.16. The Morgan fingerprint density at radius 3 is 2.55 bits per heavy atom. The van der Waals surface area contributed by atoms with Crippen LogP contribution in [0.2, 0.25) is 0 Å². The van der Waals surface area contributed by atoms with Crippen LogP contribution in [0.4, 0.5) is 11.6 Å². The molecule has 6 heteroatoms. The topological polar surface area (TPSA) is 96.1 Å². The van der Waals surface area contributed by atoms with Crippen molar-refractivity contribution in [1.29, 1.82) is 0 Å². The van der Waals surface area contributed by atoms with Gasteiger partial charge in [0, 0.05) is 12.1 Å². The zero-order valence-corrected chi connectivity index (χ0v) is 12.9. The van der Waals surface area contributed by atoms with Gasteiger partial charge >= 0.3 is 0 Å². The molecule has 0 amide bonds. The van der Waals surface area contributed by atoms with E-state index >= 15 is 0 Å². The third-order valence-electron chi connectivity index (χ3n) is 3.07. The molecule has 0 aliphatic heterocycles. The van der Waals surface area contributed by atoms with Gasteiger partial charge in [0.1, 0.15) is 18.0 Å². The molecule has 1 rings (SSSR count). The van der Waals surface area contributed by atoms with Gasteiger partial charge in [0.15, 0.2) is 0 Å². The Morgan fingerprint density at radius 1 is 1.35 bits per heavy atom. The van der Waals surface area contributed by atoms with Crippen LogP contribution in [0.5, 0.6) is 0 Å². The Morgan fingerprint density at radius 2 is 2.00 bits per heavy atom. The molecule has 0 bridgehead atoms. The fraction of sp³-hybridized carbons (Fsp3) is 0.714. The third kappa shape index (κ3) is 4.94. The molecule has 0 radical (unpaired) electrons. The molecular weight excluding hydrogens is 254 g/mol. The van der Waals surface area contributed by atoms with Crippen LogP contribution in [0, 0.1) is 5.92 Å². The highest BCUT2D eigenvalue weighted by atomic mass is 16.3. The molecule has 0 aliphatic carbocycles. The molecule has 1 atom stereocenters. The normalized spacial score (nSPS) is 14.2. The van der Waals surface area contributed by atoms with E-state index in [1.807, 2.05) is 6.92 Å². The van der Waals surface area contributed by atoms with Gasteiger partial charge in [-0.2, -0.15) is 0 Å². The van der Waals surface area contributed by atoms with Crippen molar-refractivity contribution in [2.75, 3.05) is 17.3 Å². The monoisotopic (exact) mass is 281 g/mol. The predicted molar refractivity (Wildman–Crippen MR) is 82.4 cm³/mol. The predicted octanol–water partition coefficient (Wildman–Crippen LogP) is 1.92. The molecule has 20 heavy (non-hydrogen) atoms. The third-order valence-corrected chi connectivity index (χ3v) is 3.07. The zero-order chi connectivity index (χ0) is 15.2. The lowest BCUT2D eigenvalue weighted by Gasteiger charge is -2.26. The molecule has 0 fully saturated rings. The first kappa shape index (κ1) is 16.7. The van der Waals surface area contributed by atoms with Crippen LogP contribution in [-0.2, 0) is 6.42 Å². The van der Waals surface area contributed by atoms with Crippen LogP contribution in [0.3, 0.4) is 0 Å². The van der Waals surface area contributed by atoms with E-state index in [1.165, 1.54) is 6.33 Å². The average molecular weight is 281 g/mol. The number of anilines is 2. The molecule has 6 nitrogen and oxygen atoms in total. The van der Waals surface area contributed by atoms with Gasteiger partial charge in [-0.3, -0.25) is 0 Å². The van der Waals surface area contributed by atoms with Gasteiger partial charge in [0.25, 0.3) is 0 Å². The molecule has 5 N–H and O–H groups in total. The van der Waals surface area contributed by atoms with Gasteiger partial charge in [-0.15, -0.1) is 0 Å². The minimum atomic E-state index is -0.765. The summed E-state index contributed by atoms with van der Waals surface area (Å²) in [6.45, 7) is 8.56. The SMILES string of the molecule is CCCc1c(NN)ncnc1NCC(C)(O)CC(C)C. The molecule has 0 aliphatic rings. The van der Waals surface area contributed by atoms with Crippen LogP contribution in [0.1, 0.15) is 46.1 Å². The molecule has 1 aromatic heterocycles. The number of nitrogens with one attached hydrogen (secondary N) is 2. The highest BCUT2D eigenvalue weighted by molar-refractivity contribution is 5.57. The number of hydrazine groups is 1. The number of nitrogens with two attached hydrogens (primary N) is 1. The second-order valence-electron chi connectivity index (χ2n) is 5.89. The van der Waals surface area contributed by atoms with Gasteiger partial charge in [0.2, 0.25) is 0 Å². The molecule has 0 spiro atoms. The molecule has 0 saturated heterocycles. The van der Waals surface area contributed by atoms with Gasteiger partial charge < -0.3 is 15.8 Å². The maximum atomic E-state index is 10.3. The van der Waals surface area contributed by atoms with Gasteiger partial charge in [0.05, 0.1) is 5.60 Å². The van der Waals surface area contributed by atoms with Crippen molar-refractivity contribution in [3.05, 3.63) is 11.9 Å². The van der Waals surface area contributed by atoms with Crippen LogP contribution in [-0.4, -0.2) is 27.2 Å². The number of rotatable bonds is 8. The number of nitrogens with zero attached hydrogens (tertiary/aromatic N) is 2. The minimum absolute atomic E-state index is 0.439. The van der Waals surface area contributed by atoms with E-state index in [2.05, 4.69) is 41.5 Å². The standard InChI is InChI=1S/C14H27N5O/c1-5-6-11-12(17-9-18-13(11)19-15)16-8-14(4,20)7-10(2)3/h9-10,20H,5-8,15H2,1-4H3,(H2,16,17,18,19). The molecular formula is C14H27N5O. The largest absolute Gasteiger partial charge is 0.388 e. The number of aliphatic hydroxyl groups is 1. The minimum Gasteiger partial charge on any atom is -0.388 e. The maximum absolute atomic E-state index is 10.3. The number of nitrogen functional groups attached to an aromatic ring is 1. The molecule has 114 valence electrons. The van der Waals surface area contributed by atoms with Crippen molar-refractivity contribution in [1.82, 2.24) is 9.97 Å². The van der Waals surface area contributed by atoms with Crippen molar-refractivity contribution < 1.29 is 5.11 Å². The molecule has 0 saturated carbocycles. The Hall–Kier alpha value is -1.40. The van der Waals surface area contributed by atoms with Crippen molar-refractivity contribution in [3.8, 4) is 0 Å². The fourth-order valence-corrected chi connectivity index (χ4v) is 2.40.